The van der Waals surface area contributed by atoms with Crippen molar-refractivity contribution in [1.29, 1.82) is 0 Å². The first-order valence-electron chi connectivity index (χ1n) is 9.81. The van der Waals surface area contributed by atoms with E-state index in [0.29, 0.717) is 25.2 Å². The molecule has 0 spiro atoms. The lowest BCUT2D eigenvalue weighted by Gasteiger charge is -2.34. The van der Waals surface area contributed by atoms with Gasteiger partial charge in [-0.2, -0.15) is 4.31 Å². The molecule has 1 saturated heterocycles. The number of morpholine rings is 1. The highest BCUT2D eigenvalue weighted by molar-refractivity contribution is 7.89. The molecule has 1 aliphatic rings. The van der Waals surface area contributed by atoms with Crippen LogP contribution in [-0.4, -0.2) is 50.3 Å². The molecule has 0 saturated carbocycles. The molecule has 1 N–H and O–H groups in total. The van der Waals surface area contributed by atoms with Gasteiger partial charge in [0.1, 0.15) is 0 Å². The van der Waals surface area contributed by atoms with E-state index in [4.69, 9.17) is 4.74 Å². The molecule has 0 radical (unpaired) electrons. The van der Waals surface area contributed by atoms with Gasteiger partial charge in [-0.05, 0) is 38.5 Å². The normalized spacial score (nSPS) is 20.5. The minimum atomic E-state index is -3.67. The summed E-state index contributed by atoms with van der Waals surface area (Å²) in [5, 5.41) is 3.13. The Hall–Kier alpha value is -2.06. The summed E-state index contributed by atoms with van der Waals surface area (Å²) in [7, 11) is -3.67. The summed E-state index contributed by atoms with van der Waals surface area (Å²) in [6.07, 6.45) is -0.325. The second-order valence-electron chi connectivity index (χ2n) is 7.62. The molecule has 1 fully saturated rings. The zero-order valence-electron chi connectivity index (χ0n) is 17.1. The highest BCUT2D eigenvalue weighted by Crippen LogP contribution is 2.22. The first kappa shape index (κ1) is 21.6. The van der Waals surface area contributed by atoms with Gasteiger partial charge >= 0.3 is 0 Å². The summed E-state index contributed by atoms with van der Waals surface area (Å²) in [6, 6.07) is 14.4. The van der Waals surface area contributed by atoms with E-state index in [1.807, 2.05) is 45.0 Å². The highest BCUT2D eigenvalue weighted by atomic mass is 32.2. The van der Waals surface area contributed by atoms with Crippen LogP contribution in [0.3, 0.4) is 0 Å². The maximum atomic E-state index is 13.0. The van der Waals surface area contributed by atoms with Crippen LogP contribution in [0.4, 0.5) is 0 Å². The molecular formula is C22H28N2O4S. The predicted molar refractivity (Wildman–Crippen MR) is 112 cm³/mol. The number of hydrogen-bond donors (Lipinski definition) is 1. The third-order valence-electron chi connectivity index (χ3n) is 4.92. The molecule has 7 heteroatoms. The molecule has 1 aliphatic heterocycles. The number of sulfonamides is 1. The number of hydrogen-bond acceptors (Lipinski definition) is 5. The van der Waals surface area contributed by atoms with Gasteiger partial charge in [0.15, 0.2) is 5.78 Å². The van der Waals surface area contributed by atoms with Crippen molar-refractivity contribution in [3.05, 3.63) is 65.2 Å². The SMILES string of the molecule is Cc1ccc(CNCC(=O)c2cccc(S(=O)(=O)N3CC(C)OC(C)C3)c2)cc1. The van der Waals surface area contributed by atoms with Gasteiger partial charge in [-0.25, -0.2) is 8.42 Å². The molecule has 156 valence electrons. The second-order valence-corrected chi connectivity index (χ2v) is 9.56. The maximum absolute atomic E-state index is 13.0. The Bertz CT molecular complexity index is 947. The fourth-order valence-electron chi connectivity index (χ4n) is 3.43. The monoisotopic (exact) mass is 416 g/mol. The van der Waals surface area contributed by atoms with Gasteiger partial charge in [-0.1, -0.05) is 42.0 Å². The van der Waals surface area contributed by atoms with Crippen LogP contribution in [0.5, 0.6) is 0 Å². The summed E-state index contributed by atoms with van der Waals surface area (Å²) in [6.45, 7) is 7.08. The predicted octanol–water partition coefficient (Wildman–Crippen LogP) is 2.77. The lowest BCUT2D eigenvalue weighted by Crippen LogP contribution is -2.48. The summed E-state index contributed by atoms with van der Waals surface area (Å²) >= 11 is 0. The van der Waals surface area contributed by atoms with Crippen LogP contribution in [0.25, 0.3) is 0 Å². The van der Waals surface area contributed by atoms with E-state index in [-0.39, 0.29) is 29.4 Å². The number of nitrogens with zero attached hydrogens (tertiary/aromatic N) is 1. The molecule has 0 bridgehead atoms. The van der Waals surface area contributed by atoms with Crippen molar-refractivity contribution in [2.45, 2.75) is 44.4 Å². The van der Waals surface area contributed by atoms with Crippen LogP contribution in [0.2, 0.25) is 0 Å². The molecule has 6 nitrogen and oxygen atoms in total. The topological polar surface area (TPSA) is 75.7 Å². The molecule has 29 heavy (non-hydrogen) atoms. The van der Waals surface area contributed by atoms with E-state index in [9.17, 15) is 13.2 Å². The standard InChI is InChI=1S/C22H28N2O4S/c1-16-7-9-19(10-8-16)12-23-13-22(25)20-5-4-6-21(11-20)29(26,27)24-14-17(2)28-18(3)15-24/h4-11,17-18,23H,12-15H2,1-3H3. The lowest BCUT2D eigenvalue weighted by atomic mass is 10.1. The van der Waals surface area contributed by atoms with E-state index >= 15 is 0 Å². The Kier molecular flexibility index (Phi) is 6.85. The lowest BCUT2D eigenvalue weighted by molar-refractivity contribution is -0.0440. The van der Waals surface area contributed by atoms with Crippen LogP contribution in [0, 0.1) is 6.92 Å². The van der Waals surface area contributed by atoms with Gasteiger partial charge in [0.05, 0.1) is 23.6 Å². The molecule has 0 amide bonds. The van der Waals surface area contributed by atoms with Gasteiger partial charge in [-0.3, -0.25) is 4.79 Å². The number of aryl methyl sites for hydroxylation is 1. The average molecular weight is 417 g/mol. The molecule has 2 unspecified atom stereocenters. The van der Waals surface area contributed by atoms with Crippen LogP contribution in [0.15, 0.2) is 53.4 Å². The molecule has 2 aromatic carbocycles. The van der Waals surface area contributed by atoms with Crippen LogP contribution < -0.4 is 5.32 Å². The number of nitrogens with one attached hydrogen (secondary N) is 1. The van der Waals surface area contributed by atoms with Crippen LogP contribution in [-0.2, 0) is 21.3 Å². The number of ether oxygens (including phenoxy) is 1. The zero-order valence-corrected chi connectivity index (χ0v) is 17.9. The summed E-state index contributed by atoms with van der Waals surface area (Å²) in [4.78, 5) is 12.7. The van der Waals surface area contributed by atoms with Crippen LogP contribution in [0.1, 0.15) is 35.3 Å². The van der Waals surface area contributed by atoms with Gasteiger partial charge in [0, 0.05) is 25.2 Å². The Morgan fingerprint density at radius 2 is 1.76 bits per heavy atom. The molecule has 2 atom stereocenters. The molecule has 2 aromatic rings. The fraction of sp³-hybridized carbons (Fsp3) is 0.409. The first-order chi connectivity index (χ1) is 13.8. The van der Waals surface area contributed by atoms with E-state index < -0.39 is 10.0 Å². The van der Waals surface area contributed by atoms with E-state index in [2.05, 4.69) is 5.32 Å². The fourth-order valence-corrected chi connectivity index (χ4v) is 5.07. The summed E-state index contributed by atoms with van der Waals surface area (Å²) < 4.78 is 33.1. The van der Waals surface area contributed by atoms with Crippen molar-refractivity contribution >= 4 is 15.8 Å². The quantitative estimate of drug-likeness (QED) is 0.703. The molecule has 0 aromatic heterocycles. The Balaban J connectivity index is 1.66. The molecule has 3 rings (SSSR count). The average Bonchev–Trinajstić information content (AvgIpc) is 2.69. The first-order valence-corrected chi connectivity index (χ1v) is 11.2. The third kappa shape index (κ3) is 5.51. The third-order valence-corrected chi connectivity index (χ3v) is 6.74. The Labute approximate surface area is 172 Å². The number of Topliss-reactive ketones (excluding diaryl/α,β-unsaturated/α-hetero) is 1. The second kappa shape index (κ2) is 9.17. The van der Waals surface area contributed by atoms with Crippen molar-refractivity contribution < 1.29 is 17.9 Å². The van der Waals surface area contributed by atoms with Gasteiger partial charge in [0.25, 0.3) is 0 Å². The van der Waals surface area contributed by atoms with E-state index in [0.717, 1.165) is 5.56 Å². The molecular weight excluding hydrogens is 388 g/mol. The van der Waals surface area contributed by atoms with E-state index in [1.54, 1.807) is 12.1 Å². The maximum Gasteiger partial charge on any atom is 0.243 e. The van der Waals surface area contributed by atoms with Crippen LogP contribution >= 0.6 is 0 Å². The number of rotatable bonds is 7. The van der Waals surface area contributed by atoms with Crippen molar-refractivity contribution in [3.8, 4) is 0 Å². The summed E-state index contributed by atoms with van der Waals surface area (Å²) in [5.74, 6) is -0.141. The van der Waals surface area contributed by atoms with Gasteiger partial charge < -0.3 is 10.1 Å². The zero-order chi connectivity index (χ0) is 21.0. The Morgan fingerprint density at radius 3 is 2.41 bits per heavy atom. The number of ketones is 1. The highest BCUT2D eigenvalue weighted by Gasteiger charge is 2.32. The van der Waals surface area contributed by atoms with Gasteiger partial charge in [-0.15, -0.1) is 0 Å². The van der Waals surface area contributed by atoms with Crippen molar-refractivity contribution in [2.75, 3.05) is 19.6 Å². The largest absolute Gasteiger partial charge is 0.373 e. The summed E-state index contributed by atoms with van der Waals surface area (Å²) in [5.41, 5.74) is 2.67. The van der Waals surface area contributed by atoms with Crippen molar-refractivity contribution in [1.82, 2.24) is 9.62 Å². The minimum Gasteiger partial charge on any atom is -0.373 e. The number of carbonyl (C=O) groups is 1. The minimum absolute atomic E-state index is 0.141. The number of carbonyl (C=O) groups excluding carboxylic acids is 1. The van der Waals surface area contributed by atoms with Gasteiger partial charge in [0.2, 0.25) is 10.0 Å². The smallest absolute Gasteiger partial charge is 0.243 e. The van der Waals surface area contributed by atoms with Crippen molar-refractivity contribution in [2.24, 2.45) is 0 Å². The molecule has 1 heterocycles. The number of benzene rings is 2. The Morgan fingerprint density at radius 1 is 1.10 bits per heavy atom. The van der Waals surface area contributed by atoms with E-state index in [1.165, 1.54) is 22.0 Å². The van der Waals surface area contributed by atoms with Crippen molar-refractivity contribution in [3.63, 3.8) is 0 Å². The molecule has 0 aliphatic carbocycles.